The van der Waals surface area contributed by atoms with Crippen molar-refractivity contribution in [2.45, 2.75) is 17.1 Å². The Morgan fingerprint density at radius 2 is 1.83 bits per heavy atom. The second kappa shape index (κ2) is 11.5. The van der Waals surface area contributed by atoms with E-state index in [4.69, 9.17) is 11.6 Å². The zero-order chi connectivity index (χ0) is 24.8. The van der Waals surface area contributed by atoms with Crippen molar-refractivity contribution in [3.05, 3.63) is 64.5 Å². The molecule has 0 radical (unpaired) electrons. The van der Waals surface area contributed by atoms with Crippen LogP contribution in [0.4, 0.5) is 27.5 Å². The number of nitrogens with one attached hydrogen (secondary N) is 3. The summed E-state index contributed by atoms with van der Waals surface area (Å²) in [7, 11) is 1.75. The maximum absolute atomic E-state index is 13.2. The highest BCUT2D eigenvalue weighted by atomic mass is 35.5. The van der Waals surface area contributed by atoms with Crippen molar-refractivity contribution >= 4 is 76.0 Å². The first-order valence-electron chi connectivity index (χ1n) is 10.9. The van der Waals surface area contributed by atoms with Crippen molar-refractivity contribution in [1.82, 2.24) is 4.72 Å². The number of hydrogen-bond donors (Lipinski definition) is 3. The zero-order valence-corrected chi connectivity index (χ0v) is 21.3. The third kappa shape index (κ3) is 6.08. The van der Waals surface area contributed by atoms with Gasteiger partial charge in [-0.25, -0.2) is 9.69 Å². The van der Waals surface area contributed by atoms with Gasteiger partial charge < -0.3 is 15.5 Å². The van der Waals surface area contributed by atoms with Gasteiger partial charge in [0.05, 0.1) is 19.8 Å². The molecule has 0 spiro atoms. The van der Waals surface area contributed by atoms with Gasteiger partial charge in [-0.15, -0.1) is 11.3 Å². The summed E-state index contributed by atoms with van der Waals surface area (Å²) in [4.78, 5) is 40.6. The van der Waals surface area contributed by atoms with Crippen molar-refractivity contribution in [1.29, 1.82) is 0 Å². The molecule has 182 valence electrons. The molecule has 4 rings (SSSR count). The number of rotatable bonds is 8. The van der Waals surface area contributed by atoms with Gasteiger partial charge in [0.2, 0.25) is 6.41 Å². The average Bonchev–Trinajstić information content (AvgIpc) is 3.56. The molecule has 2 aromatic carbocycles. The van der Waals surface area contributed by atoms with Gasteiger partial charge in [0.1, 0.15) is 0 Å². The minimum atomic E-state index is -0.443. The molecule has 8 nitrogen and oxygen atoms in total. The topological polar surface area (TPSA) is 93.8 Å². The van der Waals surface area contributed by atoms with E-state index in [9.17, 15) is 14.4 Å². The predicted molar refractivity (Wildman–Crippen MR) is 144 cm³/mol. The van der Waals surface area contributed by atoms with Crippen LogP contribution in [0.3, 0.4) is 0 Å². The number of thiophene rings is 1. The van der Waals surface area contributed by atoms with Crippen LogP contribution >= 0.6 is 34.9 Å². The molecule has 3 N–H and O–H groups in total. The van der Waals surface area contributed by atoms with E-state index in [1.54, 1.807) is 43.4 Å². The minimum absolute atomic E-state index is 0.393. The number of urea groups is 1. The highest BCUT2D eigenvalue weighted by Crippen LogP contribution is 2.30. The summed E-state index contributed by atoms with van der Waals surface area (Å²) in [5.74, 6) is -0.443. The third-order valence-corrected chi connectivity index (χ3v) is 7.65. The monoisotopic (exact) mass is 529 g/mol. The van der Waals surface area contributed by atoms with E-state index in [1.165, 1.54) is 11.3 Å². The number of benzene rings is 2. The fraction of sp³-hybridized carbons (Fsp3) is 0.208. The Kier molecular flexibility index (Phi) is 8.17. The van der Waals surface area contributed by atoms with Crippen molar-refractivity contribution in [2.75, 3.05) is 40.6 Å². The number of carbonyl (C=O) groups is 3. The molecule has 11 heteroatoms. The van der Waals surface area contributed by atoms with Crippen molar-refractivity contribution in [3.63, 3.8) is 0 Å². The molecule has 1 saturated heterocycles. The minimum Gasteiger partial charge on any atom is -0.387 e. The second-order valence-corrected chi connectivity index (χ2v) is 10.5. The highest BCUT2D eigenvalue weighted by molar-refractivity contribution is 7.99. The summed E-state index contributed by atoms with van der Waals surface area (Å²) in [6, 6.07) is 15.2. The smallest absolute Gasteiger partial charge is 0.329 e. The van der Waals surface area contributed by atoms with Crippen LogP contribution in [0.15, 0.2) is 58.8 Å². The van der Waals surface area contributed by atoms with E-state index in [0.717, 1.165) is 52.7 Å². The summed E-state index contributed by atoms with van der Waals surface area (Å²) >= 11 is 8.41. The molecule has 35 heavy (non-hydrogen) atoms. The van der Waals surface area contributed by atoms with Crippen molar-refractivity contribution in [3.8, 4) is 0 Å². The van der Waals surface area contributed by atoms with E-state index in [1.807, 2.05) is 18.2 Å². The number of hydrogen-bond acceptors (Lipinski definition) is 7. The van der Waals surface area contributed by atoms with Crippen molar-refractivity contribution in [2.24, 2.45) is 0 Å². The largest absolute Gasteiger partial charge is 0.387 e. The Hall–Kier alpha value is -3.21. The van der Waals surface area contributed by atoms with Crippen LogP contribution in [-0.2, 0) is 4.79 Å². The lowest BCUT2D eigenvalue weighted by Gasteiger charge is -2.22. The van der Waals surface area contributed by atoms with Gasteiger partial charge in [0.25, 0.3) is 5.91 Å². The van der Waals surface area contributed by atoms with E-state index in [-0.39, 0.29) is 0 Å². The van der Waals surface area contributed by atoms with Crippen molar-refractivity contribution < 1.29 is 14.4 Å². The third-order valence-electron chi connectivity index (χ3n) is 5.49. The fourth-order valence-corrected chi connectivity index (χ4v) is 5.62. The molecule has 1 aliphatic heterocycles. The Morgan fingerprint density at radius 1 is 1.09 bits per heavy atom. The first kappa shape index (κ1) is 24.9. The predicted octanol–water partition coefficient (Wildman–Crippen LogP) is 5.68. The quantitative estimate of drug-likeness (QED) is 0.257. The van der Waals surface area contributed by atoms with Crippen LogP contribution in [0.25, 0.3) is 0 Å². The summed E-state index contributed by atoms with van der Waals surface area (Å²) in [5.41, 5.74) is 3.01. The summed E-state index contributed by atoms with van der Waals surface area (Å²) < 4.78 is 4.17. The van der Waals surface area contributed by atoms with E-state index < -0.39 is 11.9 Å². The number of imide groups is 1. The van der Waals surface area contributed by atoms with Crippen LogP contribution in [-0.4, -0.2) is 38.5 Å². The van der Waals surface area contributed by atoms with Gasteiger partial charge in [-0.2, -0.15) is 0 Å². The lowest BCUT2D eigenvalue weighted by atomic mass is 10.1. The molecule has 0 unspecified atom stereocenters. The summed E-state index contributed by atoms with van der Waals surface area (Å²) in [5, 5.41) is 5.78. The van der Waals surface area contributed by atoms with Crippen LogP contribution in [0, 0.1) is 0 Å². The van der Waals surface area contributed by atoms with Gasteiger partial charge in [-0.1, -0.05) is 11.6 Å². The molecule has 1 aromatic heterocycles. The number of nitrogens with zero attached hydrogens (tertiary/aromatic N) is 2. The molecule has 0 saturated carbocycles. The molecule has 4 amide bonds. The number of halogens is 1. The second-order valence-electron chi connectivity index (χ2n) is 7.72. The Morgan fingerprint density at radius 3 is 2.46 bits per heavy atom. The van der Waals surface area contributed by atoms with E-state index >= 15 is 0 Å². The molecule has 0 atom stereocenters. The van der Waals surface area contributed by atoms with Gasteiger partial charge in [0, 0.05) is 37.2 Å². The average molecular weight is 530 g/mol. The molecule has 2 heterocycles. The normalized spacial score (nSPS) is 12.8. The van der Waals surface area contributed by atoms with Crippen LogP contribution in [0.1, 0.15) is 23.2 Å². The number of carbonyl (C=O) groups excluding carboxylic acids is 3. The lowest BCUT2D eigenvalue weighted by molar-refractivity contribution is -0.106. The molecule has 0 aliphatic carbocycles. The lowest BCUT2D eigenvalue weighted by Crippen LogP contribution is -2.30. The maximum atomic E-state index is 13.2. The van der Waals surface area contributed by atoms with Crippen LogP contribution in [0.5, 0.6) is 0 Å². The first-order valence-corrected chi connectivity index (χ1v) is 12.9. The van der Waals surface area contributed by atoms with Gasteiger partial charge >= 0.3 is 6.03 Å². The van der Waals surface area contributed by atoms with Gasteiger partial charge in [-0.05, 0) is 79.4 Å². The standard InChI is InChI=1S/C24H24ClN5O3S2/c1-26-20-14-18(29-12-2-3-13-29)8-9-19(20)23(32)30(15-31)17-6-4-16(5-7-17)27-24(33)28-35-22-11-10-21(25)34-22/h4-11,14-15,26H,2-3,12-13H2,1H3,(H2,27,28,33). The highest BCUT2D eigenvalue weighted by Gasteiger charge is 2.22. The fourth-order valence-electron chi connectivity index (χ4n) is 3.76. The first-order chi connectivity index (χ1) is 17.0. The summed E-state index contributed by atoms with van der Waals surface area (Å²) in [6.45, 7) is 1.99. The number of amides is 4. The van der Waals surface area contributed by atoms with E-state index in [0.29, 0.717) is 33.4 Å². The van der Waals surface area contributed by atoms with E-state index in [2.05, 4.69) is 20.3 Å². The molecule has 3 aromatic rings. The SMILES string of the molecule is CNc1cc(N2CCCC2)ccc1C(=O)N(C=O)c1ccc(NC(=O)NSc2ccc(Cl)s2)cc1. The van der Waals surface area contributed by atoms with Gasteiger partial charge in [-0.3, -0.25) is 14.3 Å². The summed E-state index contributed by atoms with van der Waals surface area (Å²) in [6.07, 6.45) is 2.81. The zero-order valence-electron chi connectivity index (χ0n) is 18.9. The number of anilines is 4. The molecule has 1 fully saturated rings. The van der Waals surface area contributed by atoms with Crippen LogP contribution in [0.2, 0.25) is 4.34 Å². The molecule has 1 aliphatic rings. The Bertz CT molecular complexity index is 1210. The Labute approximate surface area is 216 Å². The molecular weight excluding hydrogens is 506 g/mol. The maximum Gasteiger partial charge on any atom is 0.329 e. The van der Waals surface area contributed by atoms with Crippen LogP contribution < -0.4 is 25.2 Å². The Balaban J connectivity index is 1.42. The molecular formula is C24H24ClN5O3S2. The van der Waals surface area contributed by atoms with Gasteiger partial charge in [0.15, 0.2) is 0 Å². The molecule has 0 bridgehead atoms.